The van der Waals surface area contributed by atoms with Crippen LogP contribution in [0.3, 0.4) is 0 Å². The Balaban J connectivity index is 1.61. The predicted molar refractivity (Wildman–Crippen MR) is 117 cm³/mol. The molecule has 0 bridgehead atoms. The second kappa shape index (κ2) is 8.76. The molecule has 0 aliphatic carbocycles. The Bertz CT molecular complexity index is 1460. The number of rotatable bonds is 1. The lowest BCUT2D eigenvalue weighted by Crippen LogP contribution is -2.02. The van der Waals surface area contributed by atoms with Crippen LogP contribution in [0.25, 0.3) is 21.9 Å². The van der Waals surface area contributed by atoms with Gasteiger partial charge in [-0.2, -0.15) is 13.2 Å². The summed E-state index contributed by atoms with van der Waals surface area (Å²) in [6.07, 6.45) is -3.14. The summed E-state index contributed by atoms with van der Waals surface area (Å²) < 4.78 is 65.6. The Morgan fingerprint density at radius 2 is 1.52 bits per heavy atom. The summed E-state index contributed by atoms with van der Waals surface area (Å²) >= 11 is 0. The summed E-state index contributed by atoms with van der Waals surface area (Å²) in [5.41, 5.74) is 3.21. The zero-order valence-electron chi connectivity index (χ0n) is 17.2. The molecule has 1 aromatic heterocycles. The van der Waals surface area contributed by atoms with Gasteiger partial charge in [0.1, 0.15) is 17.3 Å². The fourth-order valence-electron chi connectivity index (χ4n) is 3.18. The van der Waals surface area contributed by atoms with Gasteiger partial charge in [-0.05, 0) is 48.1 Å². The van der Waals surface area contributed by atoms with Crippen LogP contribution in [-0.4, -0.2) is 11.2 Å². The number of halogens is 5. The smallest absolute Gasteiger partial charge is 0.247 e. The number of hydrogen-bond donors (Lipinski definition) is 0. The standard InChI is InChI=1S/C27H14F5N/c1-17-2-6-19(7-3-17)20-8-10-22(33-16-20)9-4-18-5-11-23-21(14-18)15-25(28)24(26(23)29)12-13-27(30,31)32/h2-3,5-8,10-11,14-16H,1H3. The highest BCUT2D eigenvalue weighted by Gasteiger charge is 2.24. The molecule has 4 rings (SSSR count). The van der Waals surface area contributed by atoms with Gasteiger partial charge in [-0.25, -0.2) is 13.8 Å². The lowest BCUT2D eigenvalue weighted by atomic mass is 10.0. The Hall–Kier alpha value is -4.16. The quantitative estimate of drug-likeness (QED) is 0.231. The fourth-order valence-corrected chi connectivity index (χ4v) is 3.18. The monoisotopic (exact) mass is 447 g/mol. The van der Waals surface area contributed by atoms with Gasteiger partial charge in [0.05, 0.1) is 5.56 Å². The fraction of sp³-hybridized carbons (Fsp3) is 0.0741. The molecule has 0 radical (unpaired) electrons. The summed E-state index contributed by atoms with van der Waals surface area (Å²) in [6.45, 7) is 2.01. The molecule has 0 aliphatic rings. The van der Waals surface area contributed by atoms with Crippen LogP contribution in [-0.2, 0) is 0 Å². The average Bonchev–Trinajstić information content (AvgIpc) is 2.77. The largest absolute Gasteiger partial charge is 0.458 e. The second-order valence-electron chi connectivity index (χ2n) is 7.28. The molecule has 33 heavy (non-hydrogen) atoms. The van der Waals surface area contributed by atoms with Crippen molar-refractivity contribution in [1.82, 2.24) is 4.98 Å². The summed E-state index contributed by atoms with van der Waals surface area (Å²) in [7, 11) is 0. The third-order valence-electron chi connectivity index (χ3n) is 4.84. The van der Waals surface area contributed by atoms with E-state index in [4.69, 9.17) is 0 Å². The van der Waals surface area contributed by atoms with Crippen LogP contribution < -0.4 is 0 Å². The van der Waals surface area contributed by atoms with Gasteiger partial charge < -0.3 is 0 Å². The topological polar surface area (TPSA) is 12.9 Å². The van der Waals surface area contributed by atoms with Crippen molar-refractivity contribution in [2.45, 2.75) is 13.1 Å². The van der Waals surface area contributed by atoms with Gasteiger partial charge in [0.25, 0.3) is 0 Å². The van der Waals surface area contributed by atoms with Gasteiger partial charge in [0, 0.05) is 28.6 Å². The maximum absolute atomic E-state index is 14.5. The van der Waals surface area contributed by atoms with Crippen LogP contribution in [0, 0.1) is 42.2 Å². The molecule has 0 amide bonds. The van der Waals surface area contributed by atoms with E-state index in [-0.39, 0.29) is 10.8 Å². The van der Waals surface area contributed by atoms with Crippen molar-refractivity contribution < 1.29 is 22.0 Å². The Kier molecular flexibility index (Phi) is 5.85. The molecule has 0 N–H and O–H groups in total. The zero-order valence-corrected chi connectivity index (χ0v) is 17.2. The molecule has 0 aliphatic heterocycles. The van der Waals surface area contributed by atoms with Gasteiger partial charge in [-0.3, -0.25) is 0 Å². The van der Waals surface area contributed by atoms with E-state index in [9.17, 15) is 22.0 Å². The number of nitrogens with zero attached hydrogens (tertiary/aromatic N) is 1. The third kappa shape index (κ3) is 5.19. The molecule has 0 atom stereocenters. The van der Waals surface area contributed by atoms with Crippen molar-refractivity contribution >= 4 is 10.8 Å². The van der Waals surface area contributed by atoms with E-state index >= 15 is 0 Å². The molecule has 6 heteroatoms. The van der Waals surface area contributed by atoms with Crippen molar-refractivity contribution in [3.8, 4) is 34.8 Å². The first kappa shape index (κ1) is 22.0. The lowest BCUT2D eigenvalue weighted by molar-refractivity contribution is -0.0696. The molecule has 0 fully saturated rings. The molecule has 4 aromatic rings. The first-order chi connectivity index (χ1) is 15.7. The summed E-state index contributed by atoms with van der Waals surface area (Å²) in [4.78, 5) is 4.33. The first-order valence-corrected chi connectivity index (χ1v) is 9.76. The Morgan fingerprint density at radius 1 is 0.788 bits per heavy atom. The Morgan fingerprint density at radius 3 is 2.18 bits per heavy atom. The van der Waals surface area contributed by atoms with Crippen molar-refractivity contribution in [3.63, 3.8) is 0 Å². The van der Waals surface area contributed by atoms with Crippen molar-refractivity contribution in [2.24, 2.45) is 0 Å². The van der Waals surface area contributed by atoms with Crippen molar-refractivity contribution in [3.05, 3.63) is 101 Å². The zero-order chi connectivity index (χ0) is 23.6. The predicted octanol–water partition coefficient (Wildman–Crippen LogP) is 6.80. The van der Waals surface area contributed by atoms with E-state index in [1.807, 2.05) is 37.3 Å². The van der Waals surface area contributed by atoms with Crippen molar-refractivity contribution in [2.75, 3.05) is 0 Å². The molecule has 1 heterocycles. The van der Waals surface area contributed by atoms with Crippen molar-refractivity contribution in [1.29, 1.82) is 0 Å². The second-order valence-corrected chi connectivity index (χ2v) is 7.28. The first-order valence-electron chi connectivity index (χ1n) is 9.76. The number of alkyl halides is 3. The normalized spacial score (nSPS) is 10.8. The number of fused-ring (bicyclic) bond motifs is 1. The summed E-state index contributed by atoms with van der Waals surface area (Å²) in [5, 5.41) is 0.117. The highest BCUT2D eigenvalue weighted by molar-refractivity contribution is 5.86. The van der Waals surface area contributed by atoms with Crippen LogP contribution in [0.5, 0.6) is 0 Å². The molecule has 0 unspecified atom stereocenters. The van der Waals surface area contributed by atoms with Crippen LogP contribution in [0.2, 0.25) is 0 Å². The number of aromatic nitrogens is 1. The van der Waals surface area contributed by atoms with Gasteiger partial charge in [0.2, 0.25) is 0 Å². The van der Waals surface area contributed by atoms with Crippen LogP contribution >= 0.6 is 0 Å². The van der Waals surface area contributed by atoms with E-state index in [0.717, 1.165) is 28.7 Å². The van der Waals surface area contributed by atoms with E-state index in [1.165, 1.54) is 24.1 Å². The minimum atomic E-state index is -4.85. The number of pyridine rings is 1. The highest BCUT2D eigenvalue weighted by atomic mass is 19.4. The Labute approximate surface area is 186 Å². The summed E-state index contributed by atoms with van der Waals surface area (Å²) in [6, 6.07) is 16.9. The van der Waals surface area contributed by atoms with Gasteiger partial charge in [0.15, 0.2) is 0 Å². The average molecular weight is 447 g/mol. The van der Waals surface area contributed by atoms with E-state index in [1.54, 1.807) is 12.3 Å². The molecular weight excluding hydrogens is 433 g/mol. The number of benzene rings is 3. The minimum Gasteiger partial charge on any atom is -0.247 e. The summed E-state index contributed by atoms with van der Waals surface area (Å²) in [5.74, 6) is 5.89. The molecule has 0 spiro atoms. The molecule has 0 saturated carbocycles. The molecule has 1 nitrogen and oxygen atoms in total. The van der Waals surface area contributed by atoms with Crippen LogP contribution in [0.4, 0.5) is 22.0 Å². The SMILES string of the molecule is Cc1ccc(-c2ccc(C#Cc3ccc4c(F)c(C#CC(F)(F)F)c(F)cc4c3)nc2)cc1. The number of hydrogen-bond acceptors (Lipinski definition) is 1. The van der Waals surface area contributed by atoms with Gasteiger partial charge in [-0.15, -0.1) is 0 Å². The lowest BCUT2D eigenvalue weighted by Gasteiger charge is -2.05. The number of aryl methyl sites for hydroxylation is 1. The van der Waals surface area contributed by atoms with Crippen LogP contribution in [0.1, 0.15) is 22.4 Å². The van der Waals surface area contributed by atoms with Crippen LogP contribution in [0.15, 0.2) is 66.9 Å². The van der Waals surface area contributed by atoms with E-state index in [0.29, 0.717) is 11.3 Å². The maximum Gasteiger partial charge on any atom is 0.458 e. The van der Waals surface area contributed by atoms with E-state index in [2.05, 4.69) is 16.8 Å². The maximum atomic E-state index is 14.5. The van der Waals surface area contributed by atoms with Gasteiger partial charge >= 0.3 is 6.18 Å². The minimum absolute atomic E-state index is 0.0472. The molecule has 3 aromatic carbocycles. The highest BCUT2D eigenvalue weighted by Crippen LogP contribution is 2.25. The van der Waals surface area contributed by atoms with E-state index < -0.39 is 23.4 Å². The third-order valence-corrected chi connectivity index (χ3v) is 4.84. The molecule has 162 valence electrons. The molecule has 0 saturated heterocycles. The molecular formula is C27H14F5N. The van der Waals surface area contributed by atoms with Gasteiger partial charge in [-0.1, -0.05) is 53.8 Å².